The molecule has 0 spiro atoms. The number of rotatable bonds is 3. The van der Waals surface area contributed by atoms with Crippen molar-refractivity contribution in [2.75, 3.05) is 5.32 Å². The molecule has 122 valence electrons. The summed E-state index contributed by atoms with van der Waals surface area (Å²) in [6, 6.07) is 11.6. The third-order valence-corrected chi connectivity index (χ3v) is 4.99. The van der Waals surface area contributed by atoms with Gasteiger partial charge in [0.1, 0.15) is 12.2 Å². The number of aryl methyl sites for hydroxylation is 1. The van der Waals surface area contributed by atoms with E-state index in [2.05, 4.69) is 20.7 Å². The largest absolute Gasteiger partial charge is 0.328 e. The number of aromatic nitrogens is 3. The summed E-state index contributed by atoms with van der Waals surface area (Å²) < 4.78 is 1.86. The average Bonchev–Trinajstić information content (AvgIpc) is 3.27. The van der Waals surface area contributed by atoms with Gasteiger partial charge in [0, 0.05) is 17.0 Å². The first kappa shape index (κ1) is 14.9. The van der Waals surface area contributed by atoms with E-state index >= 15 is 0 Å². The maximum absolute atomic E-state index is 12.5. The van der Waals surface area contributed by atoms with Crippen molar-refractivity contribution < 1.29 is 4.79 Å². The van der Waals surface area contributed by atoms with E-state index in [0.717, 1.165) is 41.3 Å². The lowest BCUT2D eigenvalue weighted by atomic mass is 10.1. The lowest BCUT2D eigenvalue weighted by Crippen LogP contribution is -2.36. The van der Waals surface area contributed by atoms with Crippen LogP contribution in [0.25, 0.3) is 10.4 Å². The second kappa shape index (κ2) is 6.45. The molecule has 0 unspecified atom stereocenters. The first-order chi connectivity index (χ1) is 11.8. The van der Waals surface area contributed by atoms with Crippen LogP contribution in [0, 0.1) is 0 Å². The highest BCUT2D eigenvalue weighted by atomic mass is 32.1. The number of hydrogen-bond donors (Lipinski definition) is 2. The van der Waals surface area contributed by atoms with Crippen LogP contribution < -0.4 is 10.6 Å². The number of nitrogens with one attached hydrogen (secondary N) is 2. The van der Waals surface area contributed by atoms with Gasteiger partial charge in [-0.1, -0.05) is 24.3 Å². The van der Waals surface area contributed by atoms with E-state index in [9.17, 15) is 4.79 Å². The van der Waals surface area contributed by atoms with Crippen LogP contribution in [0.3, 0.4) is 0 Å². The fourth-order valence-corrected chi connectivity index (χ4v) is 3.75. The minimum Gasteiger partial charge on any atom is -0.328 e. The Hall–Kier alpha value is -2.67. The summed E-state index contributed by atoms with van der Waals surface area (Å²) in [4.78, 5) is 17.9. The molecule has 2 aromatic heterocycles. The minimum absolute atomic E-state index is 0.102. The molecule has 0 fully saturated rings. The molecule has 1 aliphatic rings. The van der Waals surface area contributed by atoms with Crippen LogP contribution >= 0.6 is 11.3 Å². The zero-order valence-electron chi connectivity index (χ0n) is 13.0. The number of hydrogen-bond acceptors (Lipinski definition) is 4. The van der Waals surface area contributed by atoms with E-state index < -0.39 is 0 Å². The zero-order valence-corrected chi connectivity index (χ0v) is 13.8. The molecule has 1 aliphatic heterocycles. The molecule has 0 bridgehead atoms. The van der Waals surface area contributed by atoms with Crippen molar-refractivity contribution >= 4 is 23.1 Å². The van der Waals surface area contributed by atoms with Gasteiger partial charge in [-0.25, -0.2) is 14.5 Å². The molecule has 7 heteroatoms. The summed E-state index contributed by atoms with van der Waals surface area (Å²) in [5.74, 6) is 0.822. The maximum Gasteiger partial charge on any atom is 0.319 e. The van der Waals surface area contributed by atoms with E-state index in [1.165, 1.54) is 0 Å². The second-order valence-corrected chi connectivity index (χ2v) is 6.61. The molecule has 0 radical (unpaired) electrons. The number of urea groups is 1. The number of para-hydroxylation sites is 1. The Labute approximate surface area is 143 Å². The molecule has 1 aromatic carbocycles. The van der Waals surface area contributed by atoms with Crippen LogP contribution in [0.15, 0.2) is 48.1 Å². The fourth-order valence-electron chi connectivity index (χ4n) is 2.98. The smallest absolute Gasteiger partial charge is 0.319 e. The Morgan fingerprint density at radius 1 is 1.25 bits per heavy atom. The molecule has 0 saturated carbocycles. The normalized spacial score (nSPS) is 16.4. The molecule has 0 saturated heterocycles. The van der Waals surface area contributed by atoms with Crippen molar-refractivity contribution in [3.63, 3.8) is 0 Å². The Balaban J connectivity index is 1.50. The van der Waals surface area contributed by atoms with Crippen LogP contribution in [-0.4, -0.2) is 20.8 Å². The summed E-state index contributed by atoms with van der Waals surface area (Å²) in [6.45, 7) is 0.857. The van der Waals surface area contributed by atoms with Crippen LogP contribution in [0.1, 0.15) is 24.7 Å². The van der Waals surface area contributed by atoms with Gasteiger partial charge >= 0.3 is 6.03 Å². The molecule has 4 rings (SSSR count). The highest BCUT2D eigenvalue weighted by Gasteiger charge is 2.24. The van der Waals surface area contributed by atoms with Crippen molar-refractivity contribution in [1.29, 1.82) is 0 Å². The number of thiophene rings is 1. The monoisotopic (exact) mass is 339 g/mol. The Morgan fingerprint density at radius 2 is 2.17 bits per heavy atom. The minimum atomic E-state index is -0.222. The molecule has 3 aromatic rings. The SMILES string of the molecule is O=C(Nc1ccccc1-c1cccs1)N[C@H]1CCCn2ncnc21. The number of nitrogens with zero attached hydrogens (tertiary/aromatic N) is 3. The number of carbonyl (C=O) groups is 1. The molecule has 24 heavy (non-hydrogen) atoms. The van der Waals surface area contributed by atoms with Crippen molar-refractivity contribution in [2.45, 2.75) is 25.4 Å². The fraction of sp³-hybridized carbons (Fsp3) is 0.235. The van der Waals surface area contributed by atoms with Crippen molar-refractivity contribution in [3.05, 3.63) is 53.9 Å². The van der Waals surface area contributed by atoms with Crippen LogP contribution in [-0.2, 0) is 6.54 Å². The summed E-state index contributed by atoms with van der Waals surface area (Å²) in [5.41, 5.74) is 1.82. The summed E-state index contributed by atoms with van der Waals surface area (Å²) in [5, 5.41) is 12.2. The third-order valence-electron chi connectivity index (χ3n) is 4.09. The number of anilines is 1. The zero-order chi connectivity index (χ0) is 16.4. The maximum atomic E-state index is 12.5. The lowest BCUT2D eigenvalue weighted by Gasteiger charge is -2.23. The summed E-state index contributed by atoms with van der Waals surface area (Å²) in [6.07, 6.45) is 3.39. The standard InChI is InChI=1S/C17H17N5OS/c23-17(21-14-7-3-9-22-16(14)18-11-19-22)20-13-6-2-1-5-12(13)15-8-4-10-24-15/h1-2,4-6,8,10-11,14H,3,7,9H2,(H2,20,21,23)/t14-/m0/s1. The van der Waals surface area contributed by atoms with Gasteiger partial charge in [0.05, 0.1) is 11.7 Å². The quantitative estimate of drug-likeness (QED) is 0.765. The number of fused-ring (bicyclic) bond motifs is 1. The van der Waals surface area contributed by atoms with Crippen molar-refractivity contribution in [1.82, 2.24) is 20.1 Å². The third kappa shape index (κ3) is 2.90. The van der Waals surface area contributed by atoms with Gasteiger partial charge in [-0.2, -0.15) is 5.10 Å². The first-order valence-electron chi connectivity index (χ1n) is 7.89. The van der Waals surface area contributed by atoms with E-state index in [1.54, 1.807) is 17.7 Å². The van der Waals surface area contributed by atoms with Crippen LogP contribution in [0.2, 0.25) is 0 Å². The van der Waals surface area contributed by atoms with E-state index in [1.807, 2.05) is 46.5 Å². The molecular weight excluding hydrogens is 322 g/mol. The Bertz CT molecular complexity index is 842. The predicted octanol–water partition coefficient (Wildman–Crippen LogP) is 3.66. The van der Waals surface area contributed by atoms with Gasteiger partial charge in [-0.15, -0.1) is 11.3 Å². The summed E-state index contributed by atoms with van der Waals surface area (Å²) >= 11 is 1.65. The van der Waals surface area contributed by atoms with Crippen LogP contribution in [0.4, 0.5) is 10.5 Å². The molecule has 2 N–H and O–H groups in total. The van der Waals surface area contributed by atoms with Gasteiger partial charge in [0.2, 0.25) is 0 Å². The van der Waals surface area contributed by atoms with E-state index in [0.29, 0.717) is 0 Å². The Kier molecular flexibility index (Phi) is 4.00. The molecule has 3 heterocycles. The lowest BCUT2D eigenvalue weighted by molar-refractivity contribution is 0.244. The van der Waals surface area contributed by atoms with Gasteiger partial charge < -0.3 is 10.6 Å². The summed E-state index contributed by atoms with van der Waals surface area (Å²) in [7, 11) is 0. The van der Waals surface area contributed by atoms with Gasteiger partial charge in [-0.05, 0) is 30.4 Å². The van der Waals surface area contributed by atoms with Gasteiger partial charge in [0.25, 0.3) is 0 Å². The molecular formula is C17H17N5OS. The average molecular weight is 339 g/mol. The number of benzene rings is 1. The van der Waals surface area contributed by atoms with Crippen LogP contribution in [0.5, 0.6) is 0 Å². The van der Waals surface area contributed by atoms with Crippen molar-refractivity contribution in [2.24, 2.45) is 0 Å². The predicted molar refractivity (Wildman–Crippen MR) is 93.9 cm³/mol. The topological polar surface area (TPSA) is 71.8 Å². The van der Waals surface area contributed by atoms with E-state index in [-0.39, 0.29) is 12.1 Å². The molecule has 2 amide bonds. The molecule has 1 atom stereocenters. The first-order valence-corrected chi connectivity index (χ1v) is 8.77. The van der Waals surface area contributed by atoms with Crippen molar-refractivity contribution in [3.8, 4) is 10.4 Å². The van der Waals surface area contributed by atoms with Gasteiger partial charge in [-0.3, -0.25) is 0 Å². The number of amides is 2. The molecule has 6 nitrogen and oxygen atoms in total. The van der Waals surface area contributed by atoms with Gasteiger partial charge in [0.15, 0.2) is 0 Å². The van der Waals surface area contributed by atoms with E-state index in [4.69, 9.17) is 0 Å². The highest BCUT2D eigenvalue weighted by molar-refractivity contribution is 7.13. The Morgan fingerprint density at radius 3 is 3.04 bits per heavy atom. The second-order valence-electron chi connectivity index (χ2n) is 5.66. The highest BCUT2D eigenvalue weighted by Crippen LogP contribution is 2.31. The number of carbonyl (C=O) groups excluding carboxylic acids is 1. The molecule has 0 aliphatic carbocycles.